The molecule has 5 rings (SSSR count). The van der Waals surface area contributed by atoms with Gasteiger partial charge in [-0.2, -0.15) is 13.2 Å². The summed E-state index contributed by atoms with van der Waals surface area (Å²) in [5.74, 6) is 0.815. The molecule has 1 N–H and O–H groups in total. The summed E-state index contributed by atoms with van der Waals surface area (Å²) in [6, 6.07) is 12.3. The Kier molecular flexibility index (Phi) is 5.61. The van der Waals surface area contributed by atoms with Crippen LogP contribution in [0.3, 0.4) is 0 Å². The van der Waals surface area contributed by atoms with E-state index < -0.39 is 17.8 Å². The first-order valence-corrected chi connectivity index (χ1v) is 10.3. The minimum atomic E-state index is -4.50. The van der Waals surface area contributed by atoms with Gasteiger partial charge in [0, 0.05) is 29.5 Å². The number of aromatic nitrogens is 6. The molecular formula is C23H16F3N7O2. The highest BCUT2D eigenvalue weighted by molar-refractivity contribution is 5.98. The summed E-state index contributed by atoms with van der Waals surface area (Å²) in [6.07, 6.45) is 1.69. The largest absolute Gasteiger partial charge is 0.439 e. The van der Waals surface area contributed by atoms with Gasteiger partial charge in [0.25, 0.3) is 0 Å². The van der Waals surface area contributed by atoms with Crippen LogP contribution >= 0.6 is 0 Å². The second-order valence-electron chi connectivity index (χ2n) is 7.47. The third-order valence-electron chi connectivity index (χ3n) is 5.04. The van der Waals surface area contributed by atoms with E-state index in [-0.39, 0.29) is 5.69 Å². The van der Waals surface area contributed by atoms with Crippen molar-refractivity contribution in [2.24, 2.45) is 0 Å². The number of alkyl halides is 3. The molecule has 0 saturated heterocycles. The number of halogens is 3. The third-order valence-corrected chi connectivity index (χ3v) is 5.04. The van der Waals surface area contributed by atoms with E-state index >= 15 is 0 Å². The van der Waals surface area contributed by atoms with Gasteiger partial charge in [0.15, 0.2) is 0 Å². The molecule has 0 radical (unpaired) electrons. The van der Waals surface area contributed by atoms with Gasteiger partial charge in [-0.05, 0) is 42.5 Å². The number of nitrogens with one attached hydrogen (secondary N) is 1. The number of ether oxygens (including phenoxy) is 1. The van der Waals surface area contributed by atoms with E-state index in [0.29, 0.717) is 34.8 Å². The molecule has 3 heterocycles. The number of benzene rings is 2. The van der Waals surface area contributed by atoms with E-state index in [1.165, 1.54) is 29.2 Å². The van der Waals surface area contributed by atoms with Crippen molar-refractivity contribution in [3.8, 4) is 11.6 Å². The fourth-order valence-corrected chi connectivity index (χ4v) is 3.44. The summed E-state index contributed by atoms with van der Waals surface area (Å²) in [4.78, 5) is 21.0. The average molecular weight is 479 g/mol. The van der Waals surface area contributed by atoms with Crippen LogP contribution in [0.25, 0.3) is 10.9 Å². The van der Waals surface area contributed by atoms with Crippen LogP contribution in [0.1, 0.15) is 11.3 Å². The molecule has 35 heavy (non-hydrogen) atoms. The summed E-state index contributed by atoms with van der Waals surface area (Å²) in [7, 11) is 0. The number of rotatable bonds is 5. The van der Waals surface area contributed by atoms with Gasteiger partial charge in [-0.25, -0.2) is 19.4 Å². The highest BCUT2D eigenvalue weighted by Gasteiger charge is 2.30. The van der Waals surface area contributed by atoms with Crippen LogP contribution < -0.4 is 10.1 Å². The Hall–Kier alpha value is -4.74. The SMILES string of the molecule is O=C(Nc1cccc(C(F)(F)F)c1)n1ccc2cc(Oc3cc(Cn4ccnn4)ncn3)ccc21. The van der Waals surface area contributed by atoms with Crippen molar-refractivity contribution in [2.75, 3.05) is 5.32 Å². The van der Waals surface area contributed by atoms with Crippen LogP contribution in [0, 0.1) is 0 Å². The first-order chi connectivity index (χ1) is 16.8. The van der Waals surface area contributed by atoms with E-state index in [0.717, 1.165) is 12.1 Å². The van der Waals surface area contributed by atoms with Crippen LogP contribution in [-0.4, -0.2) is 35.6 Å². The zero-order chi connectivity index (χ0) is 24.4. The predicted octanol–water partition coefficient (Wildman–Crippen LogP) is 4.96. The molecule has 0 fully saturated rings. The van der Waals surface area contributed by atoms with Crippen molar-refractivity contribution in [3.63, 3.8) is 0 Å². The van der Waals surface area contributed by atoms with E-state index in [1.807, 2.05) is 0 Å². The van der Waals surface area contributed by atoms with Crippen LogP contribution in [0.5, 0.6) is 11.6 Å². The molecule has 0 saturated carbocycles. The van der Waals surface area contributed by atoms with Crippen LogP contribution in [0.15, 0.2) is 79.5 Å². The van der Waals surface area contributed by atoms with Gasteiger partial charge < -0.3 is 10.1 Å². The van der Waals surface area contributed by atoms with Crippen LogP contribution in [0.4, 0.5) is 23.7 Å². The van der Waals surface area contributed by atoms with Crippen LogP contribution in [-0.2, 0) is 12.7 Å². The lowest BCUT2D eigenvalue weighted by molar-refractivity contribution is -0.137. The molecular weight excluding hydrogens is 463 g/mol. The first-order valence-electron chi connectivity index (χ1n) is 10.3. The number of anilines is 1. The maximum atomic E-state index is 12.9. The quantitative estimate of drug-likeness (QED) is 0.382. The number of carbonyl (C=O) groups is 1. The number of hydrogen-bond donors (Lipinski definition) is 1. The zero-order valence-corrected chi connectivity index (χ0v) is 17.8. The molecule has 176 valence electrons. The molecule has 12 heteroatoms. The Balaban J connectivity index is 1.32. The molecule has 0 atom stereocenters. The number of hydrogen-bond acceptors (Lipinski definition) is 6. The normalized spacial score (nSPS) is 11.5. The number of fused-ring (bicyclic) bond motifs is 1. The van der Waals surface area contributed by atoms with Crippen molar-refractivity contribution in [1.29, 1.82) is 0 Å². The Labute approximate surface area is 195 Å². The Morgan fingerprint density at radius 2 is 1.91 bits per heavy atom. The summed E-state index contributed by atoms with van der Waals surface area (Å²) in [6.45, 7) is 0.405. The Bertz CT molecular complexity index is 1500. The summed E-state index contributed by atoms with van der Waals surface area (Å²) in [5.41, 5.74) is 0.427. The second-order valence-corrected chi connectivity index (χ2v) is 7.47. The van der Waals surface area contributed by atoms with E-state index in [9.17, 15) is 18.0 Å². The smallest absolute Gasteiger partial charge is 0.416 e. The van der Waals surface area contributed by atoms with Crippen molar-refractivity contribution >= 4 is 22.6 Å². The fourth-order valence-electron chi connectivity index (χ4n) is 3.44. The maximum absolute atomic E-state index is 12.9. The maximum Gasteiger partial charge on any atom is 0.416 e. The van der Waals surface area contributed by atoms with Crippen molar-refractivity contribution in [1.82, 2.24) is 29.5 Å². The van der Waals surface area contributed by atoms with Gasteiger partial charge in [-0.3, -0.25) is 4.57 Å². The average Bonchev–Trinajstić information content (AvgIpc) is 3.48. The summed E-state index contributed by atoms with van der Waals surface area (Å²) < 4.78 is 47.6. The molecule has 9 nitrogen and oxygen atoms in total. The molecule has 0 spiro atoms. The lowest BCUT2D eigenvalue weighted by Crippen LogP contribution is -2.18. The van der Waals surface area contributed by atoms with Crippen molar-refractivity contribution in [3.05, 3.63) is 90.8 Å². The molecule has 0 bridgehead atoms. The predicted molar refractivity (Wildman–Crippen MR) is 119 cm³/mol. The minimum Gasteiger partial charge on any atom is -0.439 e. The van der Waals surface area contributed by atoms with Crippen molar-refractivity contribution < 1.29 is 22.7 Å². The number of carbonyl (C=O) groups excluding carboxylic acids is 1. The standard InChI is InChI=1S/C23H16F3N7O2/c24-23(25,26)16-2-1-3-17(11-16)30-22(34)33-8-6-15-10-19(4-5-20(15)33)35-21-12-18(27-14-28-21)13-32-9-7-29-31-32/h1-12,14H,13H2,(H,30,34). The van der Waals surface area contributed by atoms with Gasteiger partial charge in [0.05, 0.1) is 29.5 Å². The molecule has 1 amide bonds. The molecule has 5 aromatic rings. The third kappa shape index (κ3) is 4.95. The first kappa shape index (κ1) is 22.1. The lowest BCUT2D eigenvalue weighted by Gasteiger charge is -2.11. The minimum absolute atomic E-state index is 0.0390. The molecule has 0 aliphatic heterocycles. The second kappa shape index (κ2) is 8.89. The van der Waals surface area contributed by atoms with E-state index in [2.05, 4.69) is 25.6 Å². The number of nitrogens with zero attached hydrogens (tertiary/aromatic N) is 6. The highest BCUT2D eigenvalue weighted by atomic mass is 19.4. The molecule has 0 aliphatic carbocycles. The van der Waals surface area contributed by atoms with Gasteiger partial charge in [0.1, 0.15) is 12.1 Å². The summed E-state index contributed by atoms with van der Waals surface area (Å²) in [5, 5.41) is 10.8. The summed E-state index contributed by atoms with van der Waals surface area (Å²) >= 11 is 0. The molecule has 2 aromatic carbocycles. The fraction of sp³-hybridized carbons (Fsp3) is 0.0870. The Morgan fingerprint density at radius 1 is 1.03 bits per heavy atom. The zero-order valence-electron chi connectivity index (χ0n) is 17.8. The van der Waals surface area contributed by atoms with E-state index in [1.54, 1.807) is 47.4 Å². The van der Waals surface area contributed by atoms with Gasteiger partial charge >= 0.3 is 12.2 Å². The lowest BCUT2D eigenvalue weighted by atomic mass is 10.2. The molecule has 0 aliphatic rings. The molecule has 0 unspecified atom stereocenters. The number of amides is 1. The van der Waals surface area contributed by atoms with Gasteiger partial charge in [0.2, 0.25) is 5.88 Å². The molecule has 3 aromatic heterocycles. The van der Waals surface area contributed by atoms with E-state index in [4.69, 9.17) is 4.74 Å². The monoisotopic (exact) mass is 479 g/mol. The highest BCUT2D eigenvalue weighted by Crippen LogP contribution is 2.31. The van der Waals surface area contributed by atoms with Crippen LogP contribution in [0.2, 0.25) is 0 Å². The van der Waals surface area contributed by atoms with Gasteiger partial charge in [-0.1, -0.05) is 11.3 Å². The van der Waals surface area contributed by atoms with Crippen molar-refractivity contribution in [2.45, 2.75) is 12.7 Å². The van der Waals surface area contributed by atoms with Gasteiger partial charge in [-0.15, -0.1) is 5.10 Å². The Morgan fingerprint density at radius 3 is 2.71 bits per heavy atom. The topological polar surface area (TPSA) is 99.8 Å².